The fourth-order valence-corrected chi connectivity index (χ4v) is 3.52. The molecule has 1 aliphatic carbocycles. The van der Waals surface area contributed by atoms with E-state index in [2.05, 4.69) is 16.0 Å². The molecule has 1 aromatic rings. The molecule has 1 aliphatic heterocycles. The molecule has 0 unspecified atom stereocenters. The number of nitrogens with one attached hydrogen (secondary N) is 2. The number of anilines is 1. The second-order valence-corrected chi connectivity index (χ2v) is 6.43. The van der Waals surface area contributed by atoms with E-state index >= 15 is 0 Å². The Kier molecular flexibility index (Phi) is 4.43. The second kappa shape index (κ2) is 6.48. The maximum atomic E-state index is 12.2. The van der Waals surface area contributed by atoms with Crippen molar-refractivity contribution in [2.45, 2.75) is 57.2 Å². The number of para-hydroxylation sites is 1. The molecule has 2 fully saturated rings. The largest absolute Gasteiger partial charge is 0.342 e. The summed E-state index contributed by atoms with van der Waals surface area (Å²) in [5.41, 5.74) is 1.85. The van der Waals surface area contributed by atoms with Crippen LogP contribution in [0.15, 0.2) is 24.3 Å². The number of nitrogens with two attached hydrogens (primary N) is 1. The highest BCUT2D eigenvalue weighted by Crippen LogP contribution is 2.19. The molecule has 5 nitrogen and oxygen atoms in total. The summed E-state index contributed by atoms with van der Waals surface area (Å²) in [7, 11) is 0. The van der Waals surface area contributed by atoms with Gasteiger partial charge in [0.05, 0.1) is 12.5 Å². The molecule has 0 radical (unpaired) electrons. The first-order chi connectivity index (χ1) is 10.6. The van der Waals surface area contributed by atoms with E-state index in [-0.39, 0.29) is 30.3 Å². The number of amides is 2. The third-order valence-corrected chi connectivity index (χ3v) is 4.79. The predicted molar refractivity (Wildman–Crippen MR) is 84.3 cm³/mol. The molecule has 0 bridgehead atoms. The molecule has 0 spiro atoms. The van der Waals surface area contributed by atoms with E-state index in [1.807, 2.05) is 31.2 Å². The second-order valence-electron chi connectivity index (χ2n) is 6.43. The summed E-state index contributed by atoms with van der Waals surface area (Å²) >= 11 is 0. The summed E-state index contributed by atoms with van der Waals surface area (Å²) in [6, 6.07) is 8.10. The Labute approximate surface area is 130 Å². The average Bonchev–Trinajstić information content (AvgIpc) is 2.50. The zero-order valence-corrected chi connectivity index (χ0v) is 13.0. The van der Waals surface area contributed by atoms with Crippen LogP contribution in [0.25, 0.3) is 0 Å². The summed E-state index contributed by atoms with van der Waals surface area (Å²) in [6.45, 7) is 1.96. The summed E-state index contributed by atoms with van der Waals surface area (Å²) in [5.74, 6) is -0.0944. The van der Waals surface area contributed by atoms with Gasteiger partial charge in [-0.1, -0.05) is 24.6 Å². The monoisotopic (exact) mass is 302 g/mol. The molecule has 118 valence electrons. The van der Waals surface area contributed by atoms with Gasteiger partial charge >= 0.3 is 0 Å². The molecular formula is C17H24N3O2+. The van der Waals surface area contributed by atoms with Gasteiger partial charge in [0, 0.05) is 12.1 Å². The number of carbonyl (C=O) groups excluding carboxylic acids is 2. The minimum atomic E-state index is -0.302. The van der Waals surface area contributed by atoms with Gasteiger partial charge in [0.2, 0.25) is 5.91 Å². The van der Waals surface area contributed by atoms with Crippen molar-refractivity contribution in [1.82, 2.24) is 5.32 Å². The smallest absolute Gasteiger partial charge is 0.279 e. The molecule has 1 saturated carbocycles. The molecule has 1 saturated heterocycles. The number of rotatable bonds is 3. The zero-order valence-electron chi connectivity index (χ0n) is 13.0. The highest BCUT2D eigenvalue weighted by Gasteiger charge is 2.40. The van der Waals surface area contributed by atoms with Crippen LogP contribution in [0.5, 0.6) is 0 Å². The molecule has 4 N–H and O–H groups in total. The van der Waals surface area contributed by atoms with Crippen molar-refractivity contribution in [1.29, 1.82) is 0 Å². The first-order valence-corrected chi connectivity index (χ1v) is 8.14. The highest BCUT2D eigenvalue weighted by molar-refractivity contribution is 5.95. The standard InChI is InChI=1S/C17H23N3O2/c1-11-6-2-3-7-12(11)19-16(21)10-15-17(22)20-14-9-5-4-8-13(14)18-15/h2-3,6-7,13-15,18H,4-5,8-10H2,1H3,(H,19,21)(H,20,22)/p+1/t13-,14-,15-/m0/s1. The number of carbonyl (C=O) groups is 2. The van der Waals surface area contributed by atoms with E-state index in [1.54, 1.807) is 0 Å². The van der Waals surface area contributed by atoms with E-state index in [1.165, 1.54) is 12.8 Å². The number of aryl methyl sites for hydroxylation is 1. The van der Waals surface area contributed by atoms with Crippen molar-refractivity contribution in [3.8, 4) is 0 Å². The fourth-order valence-electron chi connectivity index (χ4n) is 3.52. The topological polar surface area (TPSA) is 74.8 Å². The molecule has 0 aromatic heterocycles. The van der Waals surface area contributed by atoms with Crippen molar-refractivity contribution >= 4 is 17.5 Å². The summed E-state index contributed by atoms with van der Waals surface area (Å²) < 4.78 is 0. The fraction of sp³-hybridized carbons (Fsp3) is 0.529. The predicted octanol–water partition coefficient (Wildman–Crippen LogP) is 0.697. The Morgan fingerprint density at radius 3 is 2.91 bits per heavy atom. The number of hydrogen-bond acceptors (Lipinski definition) is 2. The summed E-state index contributed by atoms with van der Waals surface area (Å²) in [6.07, 6.45) is 4.82. The van der Waals surface area contributed by atoms with Gasteiger partial charge in [0.1, 0.15) is 6.04 Å². The van der Waals surface area contributed by atoms with E-state index in [4.69, 9.17) is 0 Å². The maximum Gasteiger partial charge on any atom is 0.279 e. The lowest BCUT2D eigenvalue weighted by molar-refractivity contribution is -0.718. The lowest BCUT2D eigenvalue weighted by Gasteiger charge is -2.37. The van der Waals surface area contributed by atoms with Gasteiger partial charge in [-0.15, -0.1) is 0 Å². The van der Waals surface area contributed by atoms with Crippen LogP contribution >= 0.6 is 0 Å². The molecule has 22 heavy (non-hydrogen) atoms. The first-order valence-electron chi connectivity index (χ1n) is 8.14. The van der Waals surface area contributed by atoms with Crippen molar-refractivity contribution < 1.29 is 14.9 Å². The summed E-state index contributed by atoms with van der Waals surface area (Å²) in [5, 5.41) is 8.12. The van der Waals surface area contributed by atoms with Crippen LogP contribution in [0.3, 0.4) is 0 Å². The molecule has 5 heteroatoms. The highest BCUT2D eigenvalue weighted by atomic mass is 16.2. The van der Waals surface area contributed by atoms with Crippen LogP contribution in [0.2, 0.25) is 0 Å². The maximum absolute atomic E-state index is 12.2. The number of benzene rings is 1. The van der Waals surface area contributed by atoms with Crippen LogP contribution in [-0.2, 0) is 9.59 Å². The Bertz CT molecular complexity index is 573. The minimum Gasteiger partial charge on any atom is -0.342 e. The Morgan fingerprint density at radius 1 is 1.32 bits per heavy atom. The Morgan fingerprint density at radius 2 is 2.09 bits per heavy atom. The van der Waals surface area contributed by atoms with Crippen LogP contribution < -0.4 is 16.0 Å². The van der Waals surface area contributed by atoms with E-state index < -0.39 is 0 Å². The number of fused-ring (bicyclic) bond motifs is 1. The zero-order chi connectivity index (χ0) is 15.5. The molecular weight excluding hydrogens is 278 g/mol. The van der Waals surface area contributed by atoms with Crippen LogP contribution in [0.1, 0.15) is 37.7 Å². The van der Waals surface area contributed by atoms with Gasteiger partial charge in [-0.05, 0) is 31.4 Å². The van der Waals surface area contributed by atoms with Crippen LogP contribution in [0, 0.1) is 6.92 Å². The normalized spacial score (nSPS) is 27.7. The van der Waals surface area contributed by atoms with E-state index in [9.17, 15) is 9.59 Å². The summed E-state index contributed by atoms with van der Waals surface area (Å²) in [4.78, 5) is 24.4. The van der Waals surface area contributed by atoms with E-state index in [0.717, 1.165) is 24.1 Å². The minimum absolute atomic E-state index is 0.00286. The van der Waals surface area contributed by atoms with Gasteiger partial charge in [-0.3, -0.25) is 9.59 Å². The lowest BCUT2D eigenvalue weighted by atomic mass is 9.87. The lowest BCUT2D eigenvalue weighted by Crippen LogP contribution is -3.03. The first kappa shape index (κ1) is 15.0. The molecule has 2 aliphatic rings. The Balaban J connectivity index is 1.59. The van der Waals surface area contributed by atoms with Gasteiger partial charge in [-0.25, -0.2) is 0 Å². The third kappa shape index (κ3) is 3.30. The SMILES string of the molecule is Cc1ccccc1NC(=O)C[C@@H]1[NH2+][C@H]2CCCC[C@@H]2NC1=O. The quantitative estimate of drug-likeness (QED) is 0.769. The van der Waals surface area contributed by atoms with Gasteiger partial charge < -0.3 is 16.0 Å². The average molecular weight is 302 g/mol. The molecule has 3 atom stereocenters. The van der Waals surface area contributed by atoms with Crippen molar-refractivity contribution in [3.63, 3.8) is 0 Å². The van der Waals surface area contributed by atoms with Crippen molar-refractivity contribution in [3.05, 3.63) is 29.8 Å². The number of quaternary nitrogens is 1. The van der Waals surface area contributed by atoms with Gasteiger partial charge in [-0.2, -0.15) is 0 Å². The van der Waals surface area contributed by atoms with Crippen LogP contribution in [0.4, 0.5) is 5.69 Å². The van der Waals surface area contributed by atoms with Crippen LogP contribution in [-0.4, -0.2) is 29.9 Å². The van der Waals surface area contributed by atoms with Gasteiger partial charge in [0.15, 0.2) is 6.04 Å². The van der Waals surface area contributed by atoms with Crippen molar-refractivity contribution in [2.75, 3.05) is 5.32 Å². The number of hydrogen-bond donors (Lipinski definition) is 3. The van der Waals surface area contributed by atoms with E-state index in [0.29, 0.717) is 6.04 Å². The Hall–Kier alpha value is -1.88. The van der Waals surface area contributed by atoms with Crippen molar-refractivity contribution in [2.24, 2.45) is 0 Å². The molecule has 1 heterocycles. The van der Waals surface area contributed by atoms with Gasteiger partial charge in [0.25, 0.3) is 5.91 Å². The molecule has 2 amide bonds. The third-order valence-electron chi connectivity index (χ3n) is 4.79. The molecule has 3 rings (SSSR count). The number of piperazine rings is 1. The molecule has 1 aromatic carbocycles.